The van der Waals surface area contributed by atoms with Gasteiger partial charge in [-0.05, 0) is 62.4 Å². The maximum Gasteiger partial charge on any atom is 0.268 e. The second-order valence-corrected chi connectivity index (χ2v) is 8.75. The summed E-state index contributed by atoms with van der Waals surface area (Å²) in [6.45, 7) is 3.92. The quantitative estimate of drug-likeness (QED) is 0.488. The van der Waals surface area contributed by atoms with E-state index in [1.54, 1.807) is 56.7 Å². The van der Waals surface area contributed by atoms with Crippen LogP contribution in [0.5, 0.6) is 17.2 Å². The lowest BCUT2D eigenvalue weighted by Gasteiger charge is -2.38. The highest BCUT2D eigenvalue weighted by molar-refractivity contribution is 6.05. The van der Waals surface area contributed by atoms with Crippen LogP contribution in [0.15, 0.2) is 71.0 Å². The van der Waals surface area contributed by atoms with Crippen molar-refractivity contribution in [2.45, 2.75) is 31.9 Å². The second kappa shape index (κ2) is 9.97. The van der Waals surface area contributed by atoms with E-state index in [2.05, 4.69) is 10.6 Å². The molecule has 0 unspecified atom stereocenters. The Morgan fingerprint density at radius 3 is 2.40 bits per heavy atom. The molecule has 0 spiro atoms. The van der Waals surface area contributed by atoms with Crippen molar-refractivity contribution < 1.29 is 28.2 Å². The van der Waals surface area contributed by atoms with E-state index < -0.39 is 17.4 Å². The number of carbonyl (C=O) groups excluding carboxylic acids is 2. The normalized spacial score (nSPS) is 16.5. The Morgan fingerprint density at radius 1 is 1.03 bits per heavy atom. The van der Waals surface area contributed by atoms with E-state index in [0.29, 0.717) is 35.0 Å². The zero-order valence-electron chi connectivity index (χ0n) is 20.1. The van der Waals surface area contributed by atoms with E-state index >= 15 is 0 Å². The Bertz CT molecular complexity index is 1230. The highest BCUT2D eigenvalue weighted by atomic mass is 16.5. The Morgan fingerprint density at radius 2 is 1.74 bits per heavy atom. The smallest absolute Gasteiger partial charge is 0.268 e. The lowest BCUT2D eigenvalue weighted by molar-refractivity contribution is -0.119. The third-order valence-corrected chi connectivity index (χ3v) is 5.66. The Kier molecular flexibility index (Phi) is 6.82. The molecule has 3 aromatic rings. The summed E-state index contributed by atoms with van der Waals surface area (Å²) in [5.41, 5.74) is 0.750. The summed E-state index contributed by atoms with van der Waals surface area (Å²) in [4.78, 5) is 26.3. The topological polar surface area (TPSA) is 99.0 Å². The molecule has 0 saturated carbocycles. The molecule has 8 heteroatoms. The first-order chi connectivity index (χ1) is 16.8. The minimum Gasteiger partial charge on any atom is -0.497 e. The molecule has 4 rings (SSSR count). The lowest BCUT2D eigenvalue weighted by atomic mass is 9.89. The number of carbonyl (C=O) groups is 2. The zero-order valence-corrected chi connectivity index (χ0v) is 20.1. The number of amides is 2. The predicted molar refractivity (Wildman–Crippen MR) is 130 cm³/mol. The first-order valence-electron chi connectivity index (χ1n) is 11.2. The van der Waals surface area contributed by atoms with E-state index in [1.165, 1.54) is 12.3 Å². The van der Waals surface area contributed by atoms with Gasteiger partial charge in [0, 0.05) is 29.7 Å². The van der Waals surface area contributed by atoms with Crippen LogP contribution in [0.1, 0.15) is 48.0 Å². The van der Waals surface area contributed by atoms with Crippen molar-refractivity contribution in [2.75, 3.05) is 14.2 Å². The molecular weight excluding hydrogens is 448 g/mol. The van der Waals surface area contributed by atoms with Gasteiger partial charge in [0.15, 0.2) is 0 Å². The number of ether oxygens (including phenoxy) is 3. The molecule has 1 aliphatic heterocycles. The molecule has 0 bridgehead atoms. The van der Waals surface area contributed by atoms with Gasteiger partial charge in [-0.1, -0.05) is 0 Å². The third kappa shape index (κ3) is 5.66. The summed E-state index contributed by atoms with van der Waals surface area (Å²) in [7, 11) is 3.14. The van der Waals surface area contributed by atoms with Crippen LogP contribution in [0, 0.1) is 0 Å². The van der Waals surface area contributed by atoms with Crippen molar-refractivity contribution in [3.63, 3.8) is 0 Å². The fourth-order valence-corrected chi connectivity index (χ4v) is 3.93. The number of fused-ring (bicyclic) bond motifs is 1. The molecule has 0 saturated heterocycles. The average Bonchev–Trinajstić information content (AvgIpc) is 3.35. The van der Waals surface area contributed by atoms with Gasteiger partial charge >= 0.3 is 0 Å². The van der Waals surface area contributed by atoms with E-state index in [4.69, 9.17) is 18.6 Å². The number of furan rings is 1. The highest BCUT2D eigenvalue weighted by Gasteiger charge is 2.35. The van der Waals surface area contributed by atoms with Crippen LogP contribution >= 0.6 is 0 Å². The monoisotopic (exact) mass is 476 g/mol. The van der Waals surface area contributed by atoms with Gasteiger partial charge in [-0.3, -0.25) is 9.59 Å². The molecule has 2 amide bonds. The molecule has 0 radical (unpaired) electrons. The lowest BCUT2D eigenvalue weighted by Crippen LogP contribution is -2.43. The molecule has 1 aromatic heterocycles. The number of rotatable bonds is 7. The van der Waals surface area contributed by atoms with Crippen LogP contribution in [-0.4, -0.2) is 31.6 Å². The standard InChI is InChI=1S/C27H28N2O6/c1-27(2)16-23(21-12-11-19(33-4)15-24(21)35-27)29-26(31)22(14-20-6-5-13-34-20)28-25(30)17-7-9-18(32-3)10-8-17/h5-15,23H,16H2,1-4H3,(H,28,30)(H,29,31)/b22-14-/t23-/m1/s1. The molecule has 1 aliphatic rings. The number of hydrogen-bond donors (Lipinski definition) is 2. The number of methoxy groups -OCH3 is 2. The molecule has 8 nitrogen and oxygen atoms in total. The van der Waals surface area contributed by atoms with Crippen LogP contribution in [0.2, 0.25) is 0 Å². The van der Waals surface area contributed by atoms with Gasteiger partial charge in [0.1, 0.15) is 34.3 Å². The molecule has 2 aromatic carbocycles. The van der Waals surface area contributed by atoms with Gasteiger partial charge in [0.2, 0.25) is 0 Å². The van der Waals surface area contributed by atoms with E-state index in [0.717, 1.165) is 5.56 Å². The second-order valence-electron chi connectivity index (χ2n) is 8.75. The minimum absolute atomic E-state index is 0.0557. The van der Waals surface area contributed by atoms with Crippen LogP contribution in [-0.2, 0) is 4.79 Å². The largest absolute Gasteiger partial charge is 0.497 e. The summed E-state index contributed by atoms with van der Waals surface area (Å²) in [6.07, 6.45) is 3.53. The summed E-state index contributed by atoms with van der Waals surface area (Å²) in [5.74, 6) is 1.48. The van der Waals surface area contributed by atoms with Gasteiger partial charge in [-0.15, -0.1) is 0 Å². The van der Waals surface area contributed by atoms with E-state index in [-0.39, 0.29) is 11.7 Å². The Balaban J connectivity index is 1.60. The van der Waals surface area contributed by atoms with Gasteiger partial charge in [0.05, 0.1) is 26.5 Å². The van der Waals surface area contributed by atoms with Crippen LogP contribution < -0.4 is 24.8 Å². The van der Waals surface area contributed by atoms with Crippen molar-refractivity contribution in [3.05, 3.63) is 83.4 Å². The molecule has 0 aliphatic carbocycles. The molecule has 2 N–H and O–H groups in total. The predicted octanol–water partition coefficient (Wildman–Crippen LogP) is 4.49. The third-order valence-electron chi connectivity index (χ3n) is 5.66. The minimum atomic E-state index is -0.519. The number of hydrogen-bond acceptors (Lipinski definition) is 6. The SMILES string of the molecule is COc1ccc(C(=O)N/C(=C\c2ccco2)C(=O)N[C@@H]2CC(C)(C)Oc3cc(OC)ccc32)cc1. The molecule has 182 valence electrons. The van der Waals surface area contributed by atoms with Crippen molar-refractivity contribution in [1.29, 1.82) is 0 Å². The number of benzene rings is 2. The molecular formula is C27H28N2O6. The maximum atomic E-state index is 13.4. The molecule has 35 heavy (non-hydrogen) atoms. The molecule has 0 fully saturated rings. The van der Waals surface area contributed by atoms with E-state index in [1.807, 2.05) is 26.0 Å². The molecule has 2 heterocycles. The fourth-order valence-electron chi connectivity index (χ4n) is 3.93. The van der Waals surface area contributed by atoms with Crippen LogP contribution in [0.4, 0.5) is 0 Å². The van der Waals surface area contributed by atoms with Gasteiger partial charge in [-0.25, -0.2) is 0 Å². The molecule has 1 atom stereocenters. The van der Waals surface area contributed by atoms with Crippen molar-refractivity contribution in [1.82, 2.24) is 10.6 Å². The van der Waals surface area contributed by atoms with Gasteiger partial charge < -0.3 is 29.3 Å². The highest BCUT2D eigenvalue weighted by Crippen LogP contribution is 2.41. The maximum absolute atomic E-state index is 13.4. The Labute approximate surface area is 203 Å². The van der Waals surface area contributed by atoms with Crippen molar-refractivity contribution in [3.8, 4) is 17.2 Å². The first-order valence-corrected chi connectivity index (χ1v) is 11.2. The van der Waals surface area contributed by atoms with Crippen molar-refractivity contribution >= 4 is 17.9 Å². The van der Waals surface area contributed by atoms with E-state index in [9.17, 15) is 9.59 Å². The average molecular weight is 477 g/mol. The number of nitrogens with one attached hydrogen (secondary N) is 2. The summed E-state index contributed by atoms with van der Waals surface area (Å²) in [6, 6.07) is 15.2. The zero-order chi connectivity index (χ0) is 25.0. The summed E-state index contributed by atoms with van der Waals surface area (Å²) in [5, 5.41) is 5.77. The van der Waals surface area contributed by atoms with Crippen LogP contribution in [0.3, 0.4) is 0 Å². The van der Waals surface area contributed by atoms with Gasteiger partial charge in [0.25, 0.3) is 11.8 Å². The van der Waals surface area contributed by atoms with Crippen LogP contribution in [0.25, 0.3) is 6.08 Å². The Hall–Kier alpha value is -4.20. The van der Waals surface area contributed by atoms with Crippen molar-refractivity contribution in [2.24, 2.45) is 0 Å². The fraction of sp³-hybridized carbons (Fsp3) is 0.259. The summed E-state index contributed by atoms with van der Waals surface area (Å²) >= 11 is 0. The van der Waals surface area contributed by atoms with Gasteiger partial charge in [-0.2, -0.15) is 0 Å². The summed E-state index contributed by atoms with van der Waals surface area (Å²) < 4.78 is 22.0. The first kappa shape index (κ1) is 23.9.